The molecular weight excluding hydrogens is 356 g/mol. The molecule has 1 heterocycles. The summed E-state index contributed by atoms with van der Waals surface area (Å²) in [7, 11) is 0. The van der Waals surface area contributed by atoms with Gasteiger partial charge in [-0.2, -0.15) is 0 Å². The number of ether oxygens (including phenoxy) is 1. The SMILES string of the molecule is Cc1cc(NC2CCCN(C(=O)OC(C)(C)C)C2)cc(C)c1Br. The molecule has 1 fully saturated rings. The number of rotatable bonds is 2. The summed E-state index contributed by atoms with van der Waals surface area (Å²) in [5.74, 6) is 0. The number of hydrogen-bond acceptors (Lipinski definition) is 3. The van der Waals surface area contributed by atoms with Crippen molar-refractivity contribution in [3.63, 3.8) is 0 Å². The van der Waals surface area contributed by atoms with Crippen molar-refractivity contribution in [2.24, 2.45) is 0 Å². The first-order valence-corrected chi connectivity index (χ1v) is 8.96. The second-order valence-electron chi connectivity index (χ2n) is 7.33. The molecule has 0 spiro atoms. The van der Waals surface area contributed by atoms with E-state index in [0.717, 1.165) is 29.5 Å². The van der Waals surface area contributed by atoms with Gasteiger partial charge in [0, 0.05) is 29.3 Å². The minimum Gasteiger partial charge on any atom is -0.444 e. The van der Waals surface area contributed by atoms with Gasteiger partial charge in [-0.3, -0.25) is 0 Å². The number of likely N-dealkylation sites (tertiary alicyclic amines) is 1. The van der Waals surface area contributed by atoms with E-state index in [1.165, 1.54) is 11.1 Å². The number of anilines is 1. The summed E-state index contributed by atoms with van der Waals surface area (Å²) in [4.78, 5) is 14.0. The summed E-state index contributed by atoms with van der Waals surface area (Å²) in [5, 5.41) is 3.57. The van der Waals surface area contributed by atoms with Gasteiger partial charge in [0.15, 0.2) is 0 Å². The van der Waals surface area contributed by atoms with Crippen molar-refractivity contribution < 1.29 is 9.53 Å². The number of nitrogens with zero attached hydrogens (tertiary/aromatic N) is 1. The molecule has 2 rings (SSSR count). The van der Waals surface area contributed by atoms with Gasteiger partial charge in [0.25, 0.3) is 0 Å². The normalized spacial score (nSPS) is 18.7. The summed E-state index contributed by atoms with van der Waals surface area (Å²) < 4.78 is 6.64. The van der Waals surface area contributed by atoms with Crippen LogP contribution in [0.4, 0.5) is 10.5 Å². The summed E-state index contributed by atoms with van der Waals surface area (Å²) >= 11 is 3.60. The van der Waals surface area contributed by atoms with E-state index in [-0.39, 0.29) is 12.1 Å². The van der Waals surface area contributed by atoms with Gasteiger partial charge in [0.05, 0.1) is 0 Å². The molecule has 1 aliphatic heterocycles. The number of aryl methyl sites for hydroxylation is 2. The Morgan fingerprint density at radius 1 is 1.30 bits per heavy atom. The van der Waals surface area contributed by atoms with Gasteiger partial charge in [-0.25, -0.2) is 4.79 Å². The molecule has 5 heteroatoms. The third-order valence-electron chi connectivity index (χ3n) is 3.88. The van der Waals surface area contributed by atoms with Gasteiger partial charge in [-0.05, 0) is 70.7 Å². The van der Waals surface area contributed by atoms with Crippen LogP contribution in [0, 0.1) is 13.8 Å². The predicted molar refractivity (Wildman–Crippen MR) is 98.1 cm³/mol. The molecule has 1 atom stereocenters. The summed E-state index contributed by atoms with van der Waals surface area (Å²) in [6.07, 6.45) is 1.84. The molecule has 1 aromatic carbocycles. The van der Waals surface area contributed by atoms with Crippen molar-refractivity contribution in [2.75, 3.05) is 18.4 Å². The Kier molecular flexibility index (Phi) is 5.61. The third-order valence-corrected chi connectivity index (χ3v) is 5.13. The van der Waals surface area contributed by atoms with Crippen LogP contribution < -0.4 is 5.32 Å². The Bertz CT molecular complexity index is 558. The summed E-state index contributed by atoms with van der Waals surface area (Å²) in [6.45, 7) is 11.3. The number of amides is 1. The molecule has 4 nitrogen and oxygen atoms in total. The van der Waals surface area contributed by atoms with E-state index < -0.39 is 5.60 Å². The number of benzene rings is 1. The first kappa shape index (κ1) is 18.1. The fourth-order valence-corrected chi connectivity index (χ4v) is 3.08. The fraction of sp³-hybridized carbons (Fsp3) is 0.611. The molecule has 0 aromatic heterocycles. The van der Waals surface area contributed by atoms with Crippen LogP contribution in [0.3, 0.4) is 0 Å². The van der Waals surface area contributed by atoms with Gasteiger partial charge in [-0.1, -0.05) is 15.9 Å². The maximum Gasteiger partial charge on any atom is 0.410 e. The van der Waals surface area contributed by atoms with Crippen LogP contribution >= 0.6 is 15.9 Å². The Morgan fingerprint density at radius 3 is 2.48 bits per heavy atom. The van der Waals surface area contributed by atoms with Crippen LogP contribution in [-0.4, -0.2) is 35.7 Å². The molecule has 1 unspecified atom stereocenters. The minimum absolute atomic E-state index is 0.216. The molecule has 1 aromatic rings. The maximum absolute atomic E-state index is 12.2. The largest absolute Gasteiger partial charge is 0.444 e. The van der Waals surface area contributed by atoms with Crippen LogP contribution in [0.5, 0.6) is 0 Å². The van der Waals surface area contributed by atoms with Crippen LogP contribution in [0.25, 0.3) is 0 Å². The highest BCUT2D eigenvalue weighted by molar-refractivity contribution is 9.10. The molecule has 0 aliphatic carbocycles. The van der Waals surface area contributed by atoms with Crippen LogP contribution in [0.15, 0.2) is 16.6 Å². The first-order valence-electron chi connectivity index (χ1n) is 8.17. The minimum atomic E-state index is -0.447. The zero-order valence-corrected chi connectivity index (χ0v) is 16.3. The number of piperidine rings is 1. The van der Waals surface area contributed by atoms with Crippen molar-refractivity contribution in [3.05, 3.63) is 27.7 Å². The van der Waals surface area contributed by atoms with Crippen LogP contribution in [0.1, 0.15) is 44.7 Å². The van der Waals surface area contributed by atoms with Gasteiger partial charge in [0.1, 0.15) is 5.60 Å². The standard InChI is InChI=1S/C18H27BrN2O2/c1-12-9-15(10-13(2)16(12)19)20-14-7-6-8-21(11-14)17(22)23-18(3,4)5/h9-10,14,20H,6-8,11H2,1-5H3. The second kappa shape index (κ2) is 7.12. The van der Waals surface area contributed by atoms with E-state index in [2.05, 4.69) is 47.2 Å². The Hall–Kier alpha value is -1.23. The highest BCUT2D eigenvalue weighted by atomic mass is 79.9. The Labute approximate surface area is 147 Å². The van der Waals surface area contributed by atoms with Gasteiger partial charge in [-0.15, -0.1) is 0 Å². The van der Waals surface area contributed by atoms with E-state index in [1.807, 2.05) is 25.7 Å². The number of halogens is 1. The lowest BCUT2D eigenvalue weighted by atomic mass is 10.0. The Morgan fingerprint density at radius 2 is 1.91 bits per heavy atom. The zero-order valence-electron chi connectivity index (χ0n) is 14.7. The number of nitrogens with one attached hydrogen (secondary N) is 1. The van der Waals surface area contributed by atoms with E-state index in [0.29, 0.717) is 6.54 Å². The van der Waals surface area contributed by atoms with E-state index in [4.69, 9.17) is 4.74 Å². The first-order chi connectivity index (χ1) is 10.7. The van der Waals surface area contributed by atoms with Gasteiger partial charge < -0.3 is 15.0 Å². The lowest BCUT2D eigenvalue weighted by Gasteiger charge is -2.35. The fourth-order valence-electron chi connectivity index (χ4n) is 2.85. The predicted octanol–water partition coefficient (Wildman–Crippen LogP) is 4.88. The Balaban J connectivity index is 2.00. The van der Waals surface area contributed by atoms with Crippen molar-refractivity contribution in [1.82, 2.24) is 4.90 Å². The van der Waals surface area contributed by atoms with Crippen molar-refractivity contribution in [2.45, 2.75) is 59.1 Å². The van der Waals surface area contributed by atoms with Crippen LogP contribution in [-0.2, 0) is 4.74 Å². The molecule has 0 bridgehead atoms. The molecular formula is C18H27BrN2O2. The molecule has 1 aliphatic rings. The monoisotopic (exact) mass is 382 g/mol. The highest BCUT2D eigenvalue weighted by Crippen LogP contribution is 2.26. The maximum atomic E-state index is 12.2. The molecule has 0 saturated carbocycles. The van der Waals surface area contributed by atoms with Crippen LogP contribution in [0.2, 0.25) is 0 Å². The average Bonchev–Trinajstić information content (AvgIpc) is 2.43. The zero-order chi connectivity index (χ0) is 17.2. The molecule has 1 saturated heterocycles. The van der Waals surface area contributed by atoms with E-state index in [1.54, 1.807) is 0 Å². The second-order valence-corrected chi connectivity index (χ2v) is 8.13. The molecule has 1 amide bonds. The molecule has 0 radical (unpaired) electrons. The van der Waals surface area contributed by atoms with E-state index in [9.17, 15) is 4.79 Å². The quantitative estimate of drug-likeness (QED) is 0.792. The topological polar surface area (TPSA) is 41.6 Å². The van der Waals surface area contributed by atoms with Gasteiger partial charge in [0.2, 0.25) is 0 Å². The lowest BCUT2D eigenvalue weighted by Crippen LogP contribution is -2.47. The number of carbonyl (C=O) groups excluding carboxylic acids is 1. The average molecular weight is 383 g/mol. The summed E-state index contributed by atoms with van der Waals surface area (Å²) in [6, 6.07) is 4.55. The molecule has 128 valence electrons. The van der Waals surface area contributed by atoms with Gasteiger partial charge >= 0.3 is 6.09 Å². The van der Waals surface area contributed by atoms with E-state index >= 15 is 0 Å². The molecule has 23 heavy (non-hydrogen) atoms. The highest BCUT2D eigenvalue weighted by Gasteiger charge is 2.27. The summed E-state index contributed by atoms with van der Waals surface area (Å²) in [5.41, 5.74) is 3.09. The third kappa shape index (κ3) is 5.13. The number of hydrogen-bond donors (Lipinski definition) is 1. The smallest absolute Gasteiger partial charge is 0.410 e. The lowest BCUT2D eigenvalue weighted by molar-refractivity contribution is 0.0206. The van der Waals surface area contributed by atoms with Crippen molar-refractivity contribution >= 4 is 27.7 Å². The van der Waals surface area contributed by atoms with Crippen molar-refractivity contribution in [3.8, 4) is 0 Å². The number of carbonyl (C=O) groups is 1. The van der Waals surface area contributed by atoms with Crippen molar-refractivity contribution in [1.29, 1.82) is 0 Å². The molecule has 1 N–H and O–H groups in total.